The molecule has 0 radical (unpaired) electrons. The van der Waals surface area contributed by atoms with Gasteiger partial charge >= 0.3 is 5.97 Å². The van der Waals surface area contributed by atoms with E-state index in [4.69, 9.17) is 16.7 Å². The lowest BCUT2D eigenvalue weighted by atomic mass is 10.0. The molecule has 0 bridgehead atoms. The number of carbonyl (C=O) groups excluding carboxylic acids is 1. The molecule has 9 heteroatoms. The summed E-state index contributed by atoms with van der Waals surface area (Å²) < 4.78 is 22.8. The Bertz CT molecular complexity index is 705. The van der Waals surface area contributed by atoms with Gasteiger partial charge < -0.3 is 10.4 Å². The molecule has 1 fully saturated rings. The van der Waals surface area contributed by atoms with Gasteiger partial charge in [-0.3, -0.25) is 9.59 Å². The molecule has 1 amide bonds. The molecule has 6 nitrogen and oxygen atoms in total. The number of carboxylic acid groups (broad SMARTS) is 1. The molecule has 1 heterocycles. The minimum Gasteiger partial charge on any atom is -0.481 e. The third kappa shape index (κ3) is 5.99. The second-order valence-corrected chi connectivity index (χ2v) is 9.56. The first-order chi connectivity index (χ1) is 11.2. The van der Waals surface area contributed by atoms with Crippen molar-refractivity contribution in [1.82, 2.24) is 5.32 Å². The lowest BCUT2D eigenvalue weighted by Gasteiger charge is -2.18. The number of thioether (sulfide) groups is 1. The second kappa shape index (κ2) is 8.22. The highest BCUT2D eigenvalue weighted by molar-refractivity contribution is 8.02. The molecule has 132 valence electrons. The maximum absolute atomic E-state index is 12.1. The van der Waals surface area contributed by atoms with Crippen LogP contribution in [0, 0.1) is 0 Å². The zero-order valence-electron chi connectivity index (χ0n) is 12.8. The molecule has 2 atom stereocenters. The quantitative estimate of drug-likeness (QED) is 0.736. The molecule has 0 aliphatic carbocycles. The smallest absolute Gasteiger partial charge is 0.305 e. The summed E-state index contributed by atoms with van der Waals surface area (Å²) in [5.41, 5.74) is 0.656. The molecule has 0 aromatic heterocycles. The Morgan fingerprint density at radius 3 is 2.54 bits per heavy atom. The highest BCUT2D eigenvalue weighted by Gasteiger charge is 2.29. The minimum absolute atomic E-state index is 0.0748. The zero-order chi connectivity index (χ0) is 17.7. The number of halogens is 1. The Labute approximate surface area is 149 Å². The first kappa shape index (κ1) is 19.1. The normalized spacial score (nSPS) is 20.5. The lowest BCUT2D eigenvalue weighted by Crippen LogP contribution is -2.32. The molecule has 1 aliphatic rings. The van der Waals surface area contributed by atoms with Crippen molar-refractivity contribution in [1.29, 1.82) is 0 Å². The summed E-state index contributed by atoms with van der Waals surface area (Å²) in [6.45, 7) is 0. The lowest BCUT2D eigenvalue weighted by molar-refractivity contribution is -0.137. The molecule has 0 spiro atoms. The third-order valence-corrected chi connectivity index (χ3v) is 7.16. The van der Waals surface area contributed by atoms with Crippen molar-refractivity contribution >= 4 is 45.1 Å². The molecule has 1 aliphatic heterocycles. The predicted octanol–water partition coefficient (Wildman–Crippen LogP) is 1.89. The van der Waals surface area contributed by atoms with Crippen LogP contribution in [0.15, 0.2) is 24.3 Å². The first-order valence-electron chi connectivity index (χ1n) is 7.34. The van der Waals surface area contributed by atoms with E-state index in [1.165, 1.54) is 11.8 Å². The van der Waals surface area contributed by atoms with Crippen molar-refractivity contribution in [3.8, 4) is 0 Å². The van der Waals surface area contributed by atoms with Crippen LogP contribution in [0.2, 0.25) is 5.02 Å². The van der Waals surface area contributed by atoms with Gasteiger partial charge in [0.2, 0.25) is 5.91 Å². The van der Waals surface area contributed by atoms with Crippen LogP contribution in [0.5, 0.6) is 0 Å². The Kier molecular flexibility index (Phi) is 6.54. The van der Waals surface area contributed by atoms with Crippen LogP contribution in [-0.4, -0.2) is 47.9 Å². The molecular formula is C15H18ClNO5S2. The molecule has 1 aromatic rings. The highest BCUT2D eigenvalue weighted by Crippen LogP contribution is 2.25. The van der Waals surface area contributed by atoms with E-state index in [9.17, 15) is 18.0 Å². The number of amides is 1. The number of nitrogens with one attached hydrogen (secondary N) is 1. The van der Waals surface area contributed by atoms with E-state index in [0.29, 0.717) is 17.0 Å². The van der Waals surface area contributed by atoms with Gasteiger partial charge in [-0.15, -0.1) is 11.8 Å². The van der Waals surface area contributed by atoms with E-state index < -0.39 is 21.8 Å². The molecular weight excluding hydrogens is 374 g/mol. The van der Waals surface area contributed by atoms with E-state index in [2.05, 4.69) is 5.32 Å². The van der Waals surface area contributed by atoms with Crippen molar-refractivity contribution in [2.45, 2.75) is 24.1 Å². The van der Waals surface area contributed by atoms with E-state index >= 15 is 0 Å². The Morgan fingerprint density at radius 1 is 1.33 bits per heavy atom. The number of aliphatic carboxylic acids is 1. The van der Waals surface area contributed by atoms with E-state index in [1.54, 1.807) is 24.3 Å². The summed E-state index contributed by atoms with van der Waals surface area (Å²) in [4.78, 5) is 23.1. The van der Waals surface area contributed by atoms with Gasteiger partial charge in [-0.05, 0) is 24.1 Å². The van der Waals surface area contributed by atoms with Crippen molar-refractivity contribution < 1.29 is 23.1 Å². The van der Waals surface area contributed by atoms with Crippen LogP contribution < -0.4 is 5.32 Å². The standard InChI is InChI=1S/C15H18ClNO5S2/c16-11-3-1-10(2-4-11)13(7-15(19)20)17-14(18)8-23-12-5-6-24(21,22)9-12/h1-4,12-13H,5-9H2,(H,17,18)(H,19,20)/t12?,13-/m0/s1. The number of rotatable bonds is 7. The molecule has 2 rings (SSSR count). The van der Waals surface area contributed by atoms with E-state index in [0.717, 1.165) is 0 Å². The van der Waals surface area contributed by atoms with Crippen LogP contribution in [-0.2, 0) is 19.4 Å². The van der Waals surface area contributed by atoms with E-state index in [-0.39, 0.29) is 34.8 Å². The van der Waals surface area contributed by atoms with Gasteiger partial charge in [0.15, 0.2) is 9.84 Å². The molecule has 1 aromatic carbocycles. The van der Waals surface area contributed by atoms with Crippen molar-refractivity contribution in [2.75, 3.05) is 17.3 Å². The van der Waals surface area contributed by atoms with Crippen LogP contribution in [0.1, 0.15) is 24.4 Å². The molecule has 24 heavy (non-hydrogen) atoms. The second-order valence-electron chi connectivity index (χ2n) is 5.61. The van der Waals surface area contributed by atoms with Gasteiger partial charge in [0, 0.05) is 10.3 Å². The van der Waals surface area contributed by atoms with Gasteiger partial charge in [-0.2, -0.15) is 0 Å². The highest BCUT2D eigenvalue weighted by atomic mass is 35.5. The summed E-state index contributed by atoms with van der Waals surface area (Å²) in [6.07, 6.45) is 0.311. The average Bonchev–Trinajstić information content (AvgIpc) is 2.84. The monoisotopic (exact) mass is 391 g/mol. The number of carboxylic acids is 1. The Balaban J connectivity index is 1.92. The first-order valence-corrected chi connectivity index (χ1v) is 10.6. The maximum Gasteiger partial charge on any atom is 0.305 e. The summed E-state index contributed by atoms with van der Waals surface area (Å²) >= 11 is 7.11. The fourth-order valence-electron chi connectivity index (χ4n) is 2.44. The maximum atomic E-state index is 12.1. The molecule has 1 unspecified atom stereocenters. The van der Waals surface area contributed by atoms with Crippen LogP contribution in [0.3, 0.4) is 0 Å². The molecule has 0 saturated carbocycles. The SMILES string of the molecule is O=C(O)C[C@H](NC(=O)CSC1CCS(=O)(=O)C1)c1ccc(Cl)cc1. The molecule has 2 N–H and O–H groups in total. The average molecular weight is 392 g/mol. The van der Waals surface area contributed by atoms with Gasteiger partial charge in [0.25, 0.3) is 0 Å². The largest absolute Gasteiger partial charge is 0.481 e. The minimum atomic E-state index is -2.97. The van der Waals surface area contributed by atoms with Crippen LogP contribution >= 0.6 is 23.4 Å². The zero-order valence-corrected chi connectivity index (χ0v) is 15.2. The van der Waals surface area contributed by atoms with Crippen molar-refractivity contribution in [3.05, 3.63) is 34.9 Å². The Morgan fingerprint density at radius 2 is 2.00 bits per heavy atom. The van der Waals surface area contributed by atoms with Gasteiger partial charge in [0.1, 0.15) is 0 Å². The Hall–Kier alpha value is -1.25. The number of hydrogen-bond donors (Lipinski definition) is 2. The predicted molar refractivity (Wildman–Crippen MR) is 94.1 cm³/mol. The van der Waals surface area contributed by atoms with Crippen LogP contribution in [0.4, 0.5) is 0 Å². The number of carbonyl (C=O) groups is 2. The van der Waals surface area contributed by atoms with Gasteiger partial charge in [-0.25, -0.2) is 8.42 Å². The third-order valence-electron chi connectivity index (χ3n) is 3.63. The van der Waals surface area contributed by atoms with Gasteiger partial charge in [0.05, 0.1) is 29.7 Å². The summed E-state index contributed by atoms with van der Waals surface area (Å²) in [5.74, 6) is -0.973. The fraction of sp³-hybridized carbons (Fsp3) is 0.467. The van der Waals surface area contributed by atoms with Gasteiger partial charge in [-0.1, -0.05) is 23.7 Å². The topological polar surface area (TPSA) is 101 Å². The molecule has 1 saturated heterocycles. The van der Waals surface area contributed by atoms with Crippen molar-refractivity contribution in [3.63, 3.8) is 0 Å². The number of benzene rings is 1. The fourth-order valence-corrected chi connectivity index (χ4v) is 6.02. The van der Waals surface area contributed by atoms with E-state index in [1.807, 2.05) is 0 Å². The summed E-state index contributed by atoms with van der Waals surface area (Å²) in [6, 6.07) is 5.96. The summed E-state index contributed by atoms with van der Waals surface area (Å²) in [5, 5.41) is 12.2. The number of sulfone groups is 1. The van der Waals surface area contributed by atoms with Crippen molar-refractivity contribution in [2.24, 2.45) is 0 Å². The van der Waals surface area contributed by atoms with Crippen LogP contribution in [0.25, 0.3) is 0 Å². The number of hydrogen-bond acceptors (Lipinski definition) is 5. The summed E-state index contributed by atoms with van der Waals surface area (Å²) in [7, 11) is -2.97.